The highest BCUT2D eigenvalue weighted by Crippen LogP contribution is 2.19. The molecular formula is C13H17N. The van der Waals surface area contributed by atoms with Gasteiger partial charge in [-0.3, -0.25) is 4.99 Å². The second-order valence-electron chi connectivity index (χ2n) is 3.77. The number of nitrogens with zero attached hydrogens (tertiary/aromatic N) is 1. The molecule has 0 heterocycles. The summed E-state index contributed by atoms with van der Waals surface area (Å²) in [5.41, 5.74) is 4.61. The predicted molar refractivity (Wildman–Crippen MR) is 63.5 cm³/mol. The largest absolute Gasteiger partial charge is 0.258 e. The number of allylic oxidation sites excluding steroid dienone is 1. The molecule has 14 heavy (non-hydrogen) atoms. The van der Waals surface area contributed by atoms with Crippen LogP contribution in [0.4, 0.5) is 0 Å². The van der Waals surface area contributed by atoms with Gasteiger partial charge >= 0.3 is 0 Å². The topological polar surface area (TPSA) is 12.4 Å². The quantitative estimate of drug-likeness (QED) is 0.622. The van der Waals surface area contributed by atoms with Gasteiger partial charge in [0.25, 0.3) is 0 Å². The number of rotatable bonds is 2. The SMILES string of the molecule is CC(C)=NC(=C(C)C)c1ccccc1. The molecule has 0 saturated heterocycles. The van der Waals surface area contributed by atoms with E-state index in [1.807, 2.05) is 32.0 Å². The van der Waals surface area contributed by atoms with Gasteiger partial charge in [0, 0.05) is 11.3 Å². The molecule has 74 valence electrons. The third kappa shape index (κ3) is 2.84. The van der Waals surface area contributed by atoms with E-state index in [4.69, 9.17) is 0 Å². The summed E-state index contributed by atoms with van der Waals surface area (Å²) in [6.07, 6.45) is 0. The highest BCUT2D eigenvalue weighted by molar-refractivity contribution is 5.86. The monoisotopic (exact) mass is 187 g/mol. The van der Waals surface area contributed by atoms with E-state index in [1.165, 1.54) is 11.1 Å². The van der Waals surface area contributed by atoms with Gasteiger partial charge in [-0.25, -0.2) is 0 Å². The Morgan fingerprint density at radius 2 is 1.50 bits per heavy atom. The smallest absolute Gasteiger partial charge is 0.0687 e. The number of aliphatic imine (C=N–C) groups is 1. The van der Waals surface area contributed by atoms with Crippen molar-refractivity contribution in [1.82, 2.24) is 0 Å². The minimum atomic E-state index is 1.09. The summed E-state index contributed by atoms with van der Waals surface area (Å²) in [6.45, 7) is 8.22. The van der Waals surface area contributed by atoms with Gasteiger partial charge in [0.1, 0.15) is 0 Å². The molecule has 0 saturated carbocycles. The van der Waals surface area contributed by atoms with E-state index in [9.17, 15) is 0 Å². The Kier molecular flexibility index (Phi) is 3.63. The summed E-state index contributed by atoms with van der Waals surface area (Å²) in [5.74, 6) is 0. The van der Waals surface area contributed by atoms with Crippen molar-refractivity contribution in [3.05, 3.63) is 41.5 Å². The Balaban J connectivity index is 3.17. The Morgan fingerprint density at radius 1 is 0.929 bits per heavy atom. The molecule has 0 spiro atoms. The molecule has 0 bridgehead atoms. The van der Waals surface area contributed by atoms with Crippen LogP contribution in [0.2, 0.25) is 0 Å². The molecule has 0 unspecified atom stereocenters. The van der Waals surface area contributed by atoms with Crippen molar-refractivity contribution < 1.29 is 0 Å². The van der Waals surface area contributed by atoms with Crippen molar-refractivity contribution in [3.8, 4) is 0 Å². The van der Waals surface area contributed by atoms with Crippen LogP contribution in [-0.4, -0.2) is 5.71 Å². The van der Waals surface area contributed by atoms with Crippen LogP contribution in [0.25, 0.3) is 5.70 Å². The van der Waals surface area contributed by atoms with Gasteiger partial charge in [0.15, 0.2) is 0 Å². The zero-order valence-electron chi connectivity index (χ0n) is 9.33. The second kappa shape index (κ2) is 4.75. The lowest BCUT2D eigenvalue weighted by atomic mass is 10.1. The highest BCUT2D eigenvalue weighted by Gasteiger charge is 2.00. The minimum Gasteiger partial charge on any atom is -0.258 e. The van der Waals surface area contributed by atoms with Crippen LogP contribution in [0, 0.1) is 0 Å². The molecule has 0 fully saturated rings. The molecule has 1 nitrogen and oxygen atoms in total. The van der Waals surface area contributed by atoms with E-state index in [1.54, 1.807) is 0 Å². The van der Waals surface area contributed by atoms with E-state index in [0.29, 0.717) is 0 Å². The van der Waals surface area contributed by atoms with Gasteiger partial charge in [-0.2, -0.15) is 0 Å². The van der Waals surface area contributed by atoms with Crippen molar-refractivity contribution in [2.75, 3.05) is 0 Å². The summed E-state index contributed by atoms with van der Waals surface area (Å²) < 4.78 is 0. The average molecular weight is 187 g/mol. The molecule has 0 aliphatic rings. The molecule has 0 aromatic heterocycles. The lowest BCUT2D eigenvalue weighted by Crippen LogP contribution is -1.88. The van der Waals surface area contributed by atoms with E-state index >= 15 is 0 Å². The van der Waals surface area contributed by atoms with Crippen molar-refractivity contribution in [2.45, 2.75) is 27.7 Å². The molecule has 0 aliphatic carbocycles. The number of benzene rings is 1. The number of hydrogen-bond donors (Lipinski definition) is 0. The van der Waals surface area contributed by atoms with Crippen LogP contribution in [0.3, 0.4) is 0 Å². The molecule has 0 atom stereocenters. The molecule has 1 aromatic carbocycles. The first-order chi connectivity index (χ1) is 6.61. The summed E-state index contributed by atoms with van der Waals surface area (Å²) >= 11 is 0. The maximum Gasteiger partial charge on any atom is 0.0687 e. The average Bonchev–Trinajstić information content (AvgIpc) is 2.15. The fraction of sp³-hybridized carbons (Fsp3) is 0.308. The van der Waals surface area contributed by atoms with Gasteiger partial charge in [-0.05, 0) is 27.7 Å². The minimum absolute atomic E-state index is 1.09. The van der Waals surface area contributed by atoms with Gasteiger partial charge in [-0.15, -0.1) is 0 Å². The number of hydrogen-bond acceptors (Lipinski definition) is 1. The maximum atomic E-state index is 4.54. The van der Waals surface area contributed by atoms with Crippen LogP contribution in [0.15, 0.2) is 40.9 Å². The lowest BCUT2D eigenvalue weighted by Gasteiger charge is -2.05. The van der Waals surface area contributed by atoms with Gasteiger partial charge in [0.05, 0.1) is 5.70 Å². The second-order valence-corrected chi connectivity index (χ2v) is 3.77. The first kappa shape index (κ1) is 10.7. The van der Waals surface area contributed by atoms with E-state index in [-0.39, 0.29) is 0 Å². The molecule has 0 N–H and O–H groups in total. The van der Waals surface area contributed by atoms with Gasteiger partial charge < -0.3 is 0 Å². The van der Waals surface area contributed by atoms with Crippen LogP contribution < -0.4 is 0 Å². The third-order valence-corrected chi connectivity index (χ3v) is 1.86. The third-order valence-electron chi connectivity index (χ3n) is 1.86. The van der Waals surface area contributed by atoms with Crippen molar-refractivity contribution in [2.24, 2.45) is 4.99 Å². The summed E-state index contributed by atoms with van der Waals surface area (Å²) in [7, 11) is 0. The van der Waals surface area contributed by atoms with Crippen LogP contribution >= 0.6 is 0 Å². The summed E-state index contributed by atoms with van der Waals surface area (Å²) in [5, 5.41) is 0. The predicted octanol–water partition coefficient (Wildman–Crippen LogP) is 3.92. The molecule has 1 aromatic rings. The Morgan fingerprint density at radius 3 is 1.93 bits per heavy atom. The van der Waals surface area contributed by atoms with Crippen LogP contribution in [0.5, 0.6) is 0 Å². The van der Waals surface area contributed by atoms with Crippen molar-refractivity contribution in [1.29, 1.82) is 0 Å². The highest BCUT2D eigenvalue weighted by atomic mass is 14.8. The standard InChI is InChI=1S/C13H17N/c1-10(2)13(14-11(3)4)12-8-6-5-7-9-12/h5-9H,1-4H3. The fourth-order valence-corrected chi connectivity index (χ4v) is 1.28. The van der Waals surface area contributed by atoms with E-state index in [2.05, 4.69) is 31.0 Å². The van der Waals surface area contributed by atoms with Crippen LogP contribution in [-0.2, 0) is 0 Å². The summed E-state index contributed by atoms with van der Waals surface area (Å²) in [6, 6.07) is 10.3. The maximum absolute atomic E-state index is 4.54. The normalized spacial score (nSPS) is 9.43. The zero-order chi connectivity index (χ0) is 10.6. The first-order valence-corrected chi connectivity index (χ1v) is 4.86. The Bertz CT molecular complexity index is 350. The molecule has 0 radical (unpaired) electrons. The first-order valence-electron chi connectivity index (χ1n) is 4.86. The lowest BCUT2D eigenvalue weighted by molar-refractivity contribution is 1.33. The van der Waals surface area contributed by atoms with Gasteiger partial charge in [-0.1, -0.05) is 35.9 Å². The van der Waals surface area contributed by atoms with Crippen LogP contribution in [0.1, 0.15) is 33.3 Å². The molecular weight excluding hydrogens is 170 g/mol. The molecule has 1 heteroatoms. The zero-order valence-corrected chi connectivity index (χ0v) is 9.33. The van der Waals surface area contributed by atoms with Crippen molar-refractivity contribution in [3.63, 3.8) is 0 Å². The van der Waals surface area contributed by atoms with E-state index < -0.39 is 0 Å². The molecule has 0 amide bonds. The van der Waals surface area contributed by atoms with Gasteiger partial charge in [0.2, 0.25) is 0 Å². The van der Waals surface area contributed by atoms with E-state index in [0.717, 1.165) is 11.4 Å². The molecule has 0 aliphatic heterocycles. The summed E-state index contributed by atoms with van der Waals surface area (Å²) in [4.78, 5) is 4.54. The molecule has 1 rings (SSSR count). The Hall–Kier alpha value is -1.37. The fourth-order valence-electron chi connectivity index (χ4n) is 1.28. The van der Waals surface area contributed by atoms with Crippen molar-refractivity contribution >= 4 is 11.4 Å². The Labute approximate surface area is 86.2 Å².